The molecule has 1 saturated heterocycles. The van der Waals surface area contributed by atoms with Gasteiger partial charge in [-0.1, -0.05) is 18.5 Å². The van der Waals surface area contributed by atoms with Gasteiger partial charge in [0.15, 0.2) is 0 Å². The van der Waals surface area contributed by atoms with Crippen molar-refractivity contribution >= 4 is 29.1 Å². The van der Waals surface area contributed by atoms with Crippen LogP contribution in [0.4, 0.5) is 5.69 Å². The summed E-state index contributed by atoms with van der Waals surface area (Å²) in [6, 6.07) is 4.54. The molecule has 1 N–H and O–H groups in total. The number of nitrogens with zero attached hydrogens (tertiary/aromatic N) is 1. The van der Waals surface area contributed by atoms with Crippen LogP contribution in [-0.4, -0.2) is 30.5 Å². The van der Waals surface area contributed by atoms with Crippen molar-refractivity contribution in [1.82, 2.24) is 5.32 Å². The Bertz CT molecular complexity index is 586. The first-order chi connectivity index (χ1) is 9.81. The van der Waals surface area contributed by atoms with Gasteiger partial charge in [0.2, 0.25) is 5.91 Å². The van der Waals surface area contributed by atoms with Crippen molar-refractivity contribution in [2.75, 3.05) is 12.0 Å². The number of amides is 2. The quantitative estimate of drug-likeness (QED) is 0.932. The van der Waals surface area contributed by atoms with E-state index >= 15 is 0 Å². The predicted molar refractivity (Wildman–Crippen MR) is 81.8 cm³/mol. The molecule has 5 nitrogen and oxygen atoms in total. The highest BCUT2D eigenvalue weighted by Crippen LogP contribution is 2.33. The lowest BCUT2D eigenvalue weighted by molar-refractivity contribution is -0.137. The monoisotopic (exact) mass is 310 g/mol. The molecule has 114 valence electrons. The Morgan fingerprint density at radius 1 is 1.38 bits per heavy atom. The van der Waals surface area contributed by atoms with Gasteiger partial charge < -0.3 is 10.1 Å². The summed E-state index contributed by atoms with van der Waals surface area (Å²) in [4.78, 5) is 26.4. The van der Waals surface area contributed by atoms with Crippen LogP contribution in [0.5, 0.6) is 5.75 Å². The molecule has 6 heteroatoms. The van der Waals surface area contributed by atoms with Gasteiger partial charge in [0.1, 0.15) is 17.3 Å². The molecule has 0 spiro atoms. The Balaban J connectivity index is 2.49. The summed E-state index contributed by atoms with van der Waals surface area (Å²) >= 11 is 6.13. The molecular weight excluding hydrogens is 292 g/mol. The average molecular weight is 311 g/mol. The van der Waals surface area contributed by atoms with Crippen LogP contribution in [0, 0.1) is 0 Å². The molecule has 2 amide bonds. The molecule has 1 fully saturated rings. The fourth-order valence-electron chi connectivity index (χ4n) is 2.48. The van der Waals surface area contributed by atoms with Crippen LogP contribution in [0.15, 0.2) is 18.2 Å². The molecule has 1 unspecified atom stereocenters. The van der Waals surface area contributed by atoms with Crippen LogP contribution in [-0.2, 0) is 9.59 Å². The number of rotatable bonds is 3. The molecule has 1 aromatic rings. The predicted octanol–water partition coefficient (Wildman–Crippen LogP) is 2.37. The van der Waals surface area contributed by atoms with Crippen molar-refractivity contribution in [3.63, 3.8) is 0 Å². The number of ether oxygens (including phenoxy) is 1. The number of methoxy groups -OCH3 is 1. The van der Waals surface area contributed by atoms with E-state index in [4.69, 9.17) is 16.3 Å². The molecule has 0 bridgehead atoms. The van der Waals surface area contributed by atoms with Gasteiger partial charge in [-0.2, -0.15) is 0 Å². The standard InChI is InChI=1S/C15H19ClN2O3/c1-5-11-13(19)17-15(2,3)14(20)18(11)9-6-7-12(21-4)10(16)8-9/h6-8,11H,5H2,1-4H3,(H,17,19). The number of hydrogen-bond donors (Lipinski definition) is 1. The molecule has 21 heavy (non-hydrogen) atoms. The van der Waals surface area contributed by atoms with Crippen LogP contribution >= 0.6 is 11.6 Å². The lowest BCUT2D eigenvalue weighted by atomic mass is 9.95. The zero-order valence-electron chi connectivity index (χ0n) is 12.6. The number of piperazine rings is 1. The molecule has 1 aromatic carbocycles. The Kier molecular flexibility index (Phi) is 4.14. The summed E-state index contributed by atoms with van der Waals surface area (Å²) in [6.07, 6.45) is 0.525. The highest BCUT2D eigenvalue weighted by atomic mass is 35.5. The van der Waals surface area contributed by atoms with Gasteiger partial charge in [-0.05, 0) is 38.5 Å². The fraction of sp³-hybridized carbons (Fsp3) is 0.467. The van der Waals surface area contributed by atoms with Crippen molar-refractivity contribution < 1.29 is 14.3 Å². The minimum Gasteiger partial charge on any atom is -0.495 e. The van der Waals surface area contributed by atoms with Crippen LogP contribution in [0.2, 0.25) is 5.02 Å². The van der Waals surface area contributed by atoms with Crippen LogP contribution in [0.3, 0.4) is 0 Å². The second-order valence-electron chi connectivity index (χ2n) is 5.53. The third-order valence-electron chi connectivity index (χ3n) is 3.60. The SMILES string of the molecule is CCC1C(=O)NC(C)(C)C(=O)N1c1ccc(OC)c(Cl)c1. The lowest BCUT2D eigenvalue weighted by Crippen LogP contribution is -2.68. The first-order valence-corrected chi connectivity index (χ1v) is 7.19. The molecule has 1 aliphatic rings. The van der Waals surface area contributed by atoms with Gasteiger partial charge in [-0.25, -0.2) is 0 Å². The van der Waals surface area contributed by atoms with E-state index in [1.54, 1.807) is 32.0 Å². The normalized spacial score (nSPS) is 21.2. The number of nitrogens with one attached hydrogen (secondary N) is 1. The van der Waals surface area contributed by atoms with Crippen molar-refractivity contribution in [1.29, 1.82) is 0 Å². The van der Waals surface area contributed by atoms with E-state index in [9.17, 15) is 9.59 Å². The first-order valence-electron chi connectivity index (χ1n) is 6.81. The number of carbonyl (C=O) groups excluding carboxylic acids is 2. The Morgan fingerprint density at radius 3 is 2.57 bits per heavy atom. The highest BCUT2D eigenvalue weighted by molar-refractivity contribution is 6.32. The zero-order chi connectivity index (χ0) is 15.8. The smallest absolute Gasteiger partial charge is 0.252 e. The molecular formula is C15H19ClN2O3. The molecule has 0 aromatic heterocycles. The van der Waals surface area contributed by atoms with Crippen molar-refractivity contribution in [3.8, 4) is 5.75 Å². The molecule has 2 rings (SSSR count). The number of halogens is 1. The summed E-state index contributed by atoms with van der Waals surface area (Å²) in [7, 11) is 1.53. The number of hydrogen-bond acceptors (Lipinski definition) is 3. The van der Waals surface area contributed by atoms with Gasteiger partial charge >= 0.3 is 0 Å². The first kappa shape index (κ1) is 15.6. The minimum atomic E-state index is -0.935. The van der Waals surface area contributed by atoms with Crippen molar-refractivity contribution in [2.24, 2.45) is 0 Å². The van der Waals surface area contributed by atoms with E-state index in [-0.39, 0.29) is 11.8 Å². The number of benzene rings is 1. The highest BCUT2D eigenvalue weighted by Gasteiger charge is 2.45. The average Bonchev–Trinajstić information content (AvgIpc) is 2.42. The molecule has 1 heterocycles. The molecule has 0 radical (unpaired) electrons. The Morgan fingerprint density at radius 2 is 2.05 bits per heavy atom. The van der Waals surface area contributed by atoms with E-state index in [1.165, 1.54) is 12.0 Å². The van der Waals surface area contributed by atoms with Gasteiger partial charge in [0.25, 0.3) is 5.91 Å². The third-order valence-corrected chi connectivity index (χ3v) is 3.90. The number of carbonyl (C=O) groups is 2. The van der Waals surface area contributed by atoms with Gasteiger partial charge in [0.05, 0.1) is 12.1 Å². The van der Waals surface area contributed by atoms with Crippen LogP contribution in [0.25, 0.3) is 0 Å². The van der Waals surface area contributed by atoms with E-state index < -0.39 is 11.6 Å². The minimum absolute atomic E-state index is 0.157. The lowest BCUT2D eigenvalue weighted by Gasteiger charge is -2.42. The zero-order valence-corrected chi connectivity index (χ0v) is 13.3. The van der Waals surface area contributed by atoms with Crippen LogP contribution in [0.1, 0.15) is 27.2 Å². The summed E-state index contributed by atoms with van der Waals surface area (Å²) in [6.45, 7) is 5.25. The van der Waals surface area contributed by atoms with E-state index in [0.717, 1.165) is 0 Å². The van der Waals surface area contributed by atoms with E-state index in [1.807, 2.05) is 6.92 Å². The topological polar surface area (TPSA) is 58.6 Å². The van der Waals surface area contributed by atoms with Crippen molar-refractivity contribution in [3.05, 3.63) is 23.2 Å². The maximum absolute atomic E-state index is 12.7. The fourth-order valence-corrected chi connectivity index (χ4v) is 2.73. The van der Waals surface area contributed by atoms with Gasteiger partial charge in [-0.15, -0.1) is 0 Å². The molecule has 0 aliphatic carbocycles. The summed E-state index contributed by atoms with van der Waals surface area (Å²) in [5.41, 5.74) is -0.338. The summed E-state index contributed by atoms with van der Waals surface area (Å²) in [5.74, 6) is 0.214. The van der Waals surface area contributed by atoms with Crippen molar-refractivity contribution in [2.45, 2.75) is 38.8 Å². The van der Waals surface area contributed by atoms with Gasteiger partial charge in [0, 0.05) is 5.69 Å². The molecule has 0 saturated carbocycles. The van der Waals surface area contributed by atoms with E-state index in [0.29, 0.717) is 22.9 Å². The summed E-state index contributed by atoms with van der Waals surface area (Å²) in [5, 5.41) is 3.16. The molecule has 1 aliphatic heterocycles. The second kappa shape index (κ2) is 5.56. The summed E-state index contributed by atoms with van der Waals surface area (Å²) < 4.78 is 5.11. The Hall–Kier alpha value is -1.75. The third kappa shape index (κ3) is 2.70. The Labute approximate surface area is 129 Å². The maximum Gasteiger partial charge on any atom is 0.252 e. The largest absolute Gasteiger partial charge is 0.495 e. The second-order valence-corrected chi connectivity index (χ2v) is 5.94. The number of anilines is 1. The maximum atomic E-state index is 12.7. The van der Waals surface area contributed by atoms with Crippen LogP contribution < -0.4 is 15.0 Å². The molecule has 1 atom stereocenters. The van der Waals surface area contributed by atoms with E-state index in [2.05, 4.69) is 5.32 Å². The van der Waals surface area contributed by atoms with Gasteiger partial charge in [-0.3, -0.25) is 14.5 Å².